The first-order valence-electron chi connectivity index (χ1n) is 7.03. The number of carbonyl (C=O) groups is 2. The highest BCUT2D eigenvalue weighted by atomic mass is 16.4. The fourth-order valence-corrected chi connectivity index (χ4v) is 2.92. The van der Waals surface area contributed by atoms with Gasteiger partial charge in [0.25, 0.3) is 0 Å². The molecule has 1 N–H and O–H groups in total. The monoisotopic (exact) mass is 284 g/mol. The summed E-state index contributed by atoms with van der Waals surface area (Å²) >= 11 is 0. The van der Waals surface area contributed by atoms with E-state index in [2.05, 4.69) is 13.8 Å². The molecule has 0 fully saturated rings. The summed E-state index contributed by atoms with van der Waals surface area (Å²) in [7, 11) is 0. The lowest BCUT2D eigenvalue weighted by Gasteiger charge is -2.37. The molecular formula is C18H20O3. The number of carboxylic acids is 1. The summed E-state index contributed by atoms with van der Waals surface area (Å²) in [5.74, 6) is -0.669. The summed E-state index contributed by atoms with van der Waals surface area (Å²) in [6, 6.07) is 7.67. The lowest BCUT2D eigenvalue weighted by atomic mass is 9.65. The molecule has 2 rings (SSSR count). The van der Waals surface area contributed by atoms with Gasteiger partial charge in [-0.3, -0.25) is 4.79 Å². The van der Waals surface area contributed by atoms with Gasteiger partial charge < -0.3 is 5.11 Å². The number of carboxylic acid groups (broad SMARTS) is 1. The van der Waals surface area contributed by atoms with Crippen LogP contribution in [0, 0.1) is 5.41 Å². The fourth-order valence-electron chi connectivity index (χ4n) is 2.92. The van der Waals surface area contributed by atoms with Gasteiger partial charge in [0.05, 0.1) is 0 Å². The van der Waals surface area contributed by atoms with Crippen molar-refractivity contribution in [2.45, 2.75) is 33.1 Å². The van der Waals surface area contributed by atoms with Crippen molar-refractivity contribution in [2.75, 3.05) is 0 Å². The molecule has 0 radical (unpaired) electrons. The molecule has 3 nitrogen and oxygen atoms in total. The number of hydrogen-bond acceptors (Lipinski definition) is 2. The van der Waals surface area contributed by atoms with Crippen molar-refractivity contribution in [3.8, 4) is 0 Å². The zero-order chi connectivity index (χ0) is 15.6. The Kier molecular flexibility index (Phi) is 4.12. The van der Waals surface area contributed by atoms with Crippen LogP contribution in [0.15, 0.2) is 48.1 Å². The minimum Gasteiger partial charge on any atom is -0.478 e. The maximum Gasteiger partial charge on any atom is 0.328 e. The van der Waals surface area contributed by atoms with Gasteiger partial charge in [0, 0.05) is 24.0 Å². The van der Waals surface area contributed by atoms with Crippen molar-refractivity contribution in [2.24, 2.45) is 5.41 Å². The van der Waals surface area contributed by atoms with Crippen molar-refractivity contribution in [3.63, 3.8) is 0 Å². The summed E-state index contributed by atoms with van der Waals surface area (Å²) in [5.41, 5.74) is 2.32. The van der Waals surface area contributed by atoms with E-state index in [9.17, 15) is 9.59 Å². The molecule has 1 unspecified atom stereocenters. The van der Waals surface area contributed by atoms with E-state index in [1.54, 1.807) is 6.92 Å². The molecule has 0 saturated heterocycles. The number of carbonyl (C=O) groups excluding carboxylic acids is 1. The van der Waals surface area contributed by atoms with E-state index >= 15 is 0 Å². The summed E-state index contributed by atoms with van der Waals surface area (Å²) in [6.07, 6.45) is 5.53. The van der Waals surface area contributed by atoms with Gasteiger partial charge in [-0.1, -0.05) is 50.3 Å². The predicted molar refractivity (Wildman–Crippen MR) is 82.4 cm³/mol. The van der Waals surface area contributed by atoms with Crippen LogP contribution in [0.25, 0.3) is 0 Å². The van der Waals surface area contributed by atoms with Gasteiger partial charge in [0.2, 0.25) is 0 Å². The highest BCUT2D eigenvalue weighted by Gasteiger charge is 2.38. The van der Waals surface area contributed by atoms with Crippen LogP contribution in [0.5, 0.6) is 0 Å². The Labute approximate surface area is 125 Å². The van der Waals surface area contributed by atoms with Crippen LogP contribution in [-0.2, 0) is 4.79 Å². The molecule has 0 spiro atoms. The minimum atomic E-state index is -0.948. The number of rotatable bonds is 3. The van der Waals surface area contributed by atoms with Crippen LogP contribution in [0.4, 0.5) is 0 Å². The third-order valence-corrected chi connectivity index (χ3v) is 3.96. The van der Waals surface area contributed by atoms with Gasteiger partial charge >= 0.3 is 5.97 Å². The van der Waals surface area contributed by atoms with E-state index in [1.807, 2.05) is 36.4 Å². The van der Waals surface area contributed by atoms with Crippen LogP contribution in [0.2, 0.25) is 0 Å². The molecular weight excluding hydrogens is 264 g/mol. The molecule has 1 aliphatic carbocycles. The lowest BCUT2D eigenvalue weighted by Crippen LogP contribution is -2.31. The molecule has 1 aliphatic rings. The zero-order valence-corrected chi connectivity index (χ0v) is 12.6. The molecule has 21 heavy (non-hydrogen) atoms. The number of ketones is 1. The average molecular weight is 284 g/mol. The zero-order valence-electron chi connectivity index (χ0n) is 12.6. The second-order valence-electron chi connectivity index (χ2n) is 6.24. The number of allylic oxidation sites excluding steroid dienone is 3. The van der Waals surface area contributed by atoms with Gasteiger partial charge in [-0.15, -0.1) is 0 Å². The Morgan fingerprint density at radius 3 is 2.67 bits per heavy atom. The van der Waals surface area contributed by atoms with Gasteiger partial charge in [0.15, 0.2) is 5.78 Å². The molecule has 0 saturated carbocycles. The number of Topliss-reactive ketones (excluding diaryl/α,β-unsaturated/α-hetero) is 1. The molecule has 0 amide bonds. The summed E-state index contributed by atoms with van der Waals surface area (Å²) in [6.45, 7) is 5.91. The Balaban J connectivity index is 2.41. The lowest BCUT2D eigenvalue weighted by molar-refractivity contribution is -0.131. The largest absolute Gasteiger partial charge is 0.478 e. The summed E-state index contributed by atoms with van der Waals surface area (Å²) < 4.78 is 0. The topological polar surface area (TPSA) is 54.4 Å². The first-order chi connectivity index (χ1) is 9.81. The normalized spacial score (nSPS) is 21.4. The van der Waals surface area contributed by atoms with E-state index in [-0.39, 0.29) is 17.1 Å². The quantitative estimate of drug-likeness (QED) is 0.675. The Hall–Kier alpha value is -2.16. The molecule has 1 aromatic carbocycles. The third kappa shape index (κ3) is 3.30. The van der Waals surface area contributed by atoms with Crippen LogP contribution >= 0.6 is 0 Å². The first-order valence-corrected chi connectivity index (χ1v) is 7.03. The van der Waals surface area contributed by atoms with E-state index in [1.165, 1.54) is 6.08 Å². The van der Waals surface area contributed by atoms with Crippen molar-refractivity contribution in [3.05, 3.63) is 59.2 Å². The number of fused-ring (bicyclic) bond motifs is 1. The standard InChI is InChI=1S/C18H20O3/c1-12(10-17(20)21)8-9-15-13-6-4-5-7-14(13)16(19)11-18(15,2)3/h4-10,15H,11H2,1-3H3,(H,20,21)/b9-8+,12-10-. The van der Waals surface area contributed by atoms with Gasteiger partial charge in [-0.05, 0) is 23.5 Å². The van der Waals surface area contributed by atoms with Gasteiger partial charge in [-0.2, -0.15) is 0 Å². The molecule has 110 valence electrons. The second kappa shape index (κ2) is 5.68. The van der Waals surface area contributed by atoms with Crippen LogP contribution in [0.3, 0.4) is 0 Å². The van der Waals surface area contributed by atoms with Crippen molar-refractivity contribution < 1.29 is 14.7 Å². The number of aliphatic carboxylic acids is 1. The highest BCUT2D eigenvalue weighted by molar-refractivity contribution is 5.99. The second-order valence-corrected chi connectivity index (χ2v) is 6.24. The van der Waals surface area contributed by atoms with E-state index in [0.29, 0.717) is 12.0 Å². The molecule has 0 bridgehead atoms. The molecule has 3 heteroatoms. The highest BCUT2D eigenvalue weighted by Crippen LogP contribution is 2.45. The molecule has 0 aliphatic heterocycles. The first kappa shape index (κ1) is 15.2. The van der Waals surface area contributed by atoms with E-state index in [4.69, 9.17) is 5.11 Å². The molecule has 0 heterocycles. The average Bonchev–Trinajstić information content (AvgIpc) is 2.36. The minimum absolute atomic E-state index is 0.101. The summed E-state index contributed by atoms with van der Waals surface area (Å²) in [4.78, 5) is 22.9. The molecule has 0 aromatic heterocycles. The predicted octanol–water partition coefficient (Wildman–Crippen LogP) is 3.97. The maximum absolute atomic E-state index is 12.2. The third-order valence-electron chi connectivity index (χ3n) is 3.96. The van der Waals surface area contributed by atoms with E-state index in [0.717, 1.165) is 11.1 Å². The van der Waals surface area contributed by atoms with Crippen LogP contribution in [-0.4, -0.2) is 16.9 Å². The van der Waals surface area contributed by atoms with Crippen LogP contribution < -0.4 is 0 Å². The summed E-state index contributed by atoms with van der Waals surface area (Å²) in [5, 5.41) is 8.76. The van der Waals surface area contributed by atoms with Gasteiger partial charge in [0.1, 0.15) is 0 Å². The Morgan fingerprint density at radius 1 is 1.33 bits per heavy atom. The SMILES string of the molecule is CC(=C/C(=O)O)/C=C/C1c2ccccc2C(=O)CC1(C)C. The van der Waals surface area contributed by atoms with Crippen molar-refractivity contribution >= 4 is 11.8 Å². The fraction of sp³-hybridized carbons (Fsp3) is 0.333. The van der Waals surface area contributed by atoms with E-state index < -0.39 is 5.97 Å². The maximum atomic E-state index is 12.2. The Bertz CT molecular complexity index is 636. The van der Waals surface area contributed by atoms with Crippen molar-refractivity contribution in [1.29, 1.82) is 0 Å². The molecule has 1 atom stereocenters. The smallest absolute Gasteiger partial charge is 0.328 e. The van der Waals surface area contributed by atoms with Crippen LogP contribution in [0.1, 0.15) is 49.0 Å². The van der Waals surface area contributed by atoms with Gasteiger partial charge in [-0.25, -0.2) is 4.79 Å². The van der Waals surface area contributed by atoms with Crippen molar-refractivity contribution in [1.82, 2.24) is 0 Å². The number of hydrogen-bond donors (Lipinski definition) is 1. The Morgan fingerprint density at radius 2 is 2.00 bits per heavy atom. The molecule has 1 aromatic rings. The number of benzene rings is 1.